The predicted molar refractivity (Wildman–Crippen MR) is 82.1 cm³/mol. The van der Waals surface area contributed by atoms with E-state index in [1.807, 2.05) is 36.2 Å². The van der Waals surface area contributed by atoms with Crippen LogP contribution in [0.25, 0.3) is 0 Å². The normalized spacial score (nSPS) is 24.2. The molecule has 104 valence electrons. The van der Waals surface area contributed by atoms with Crippen molar-refractivity contribution < 1.29 is 4.79 Å². The molecule has 1 aromatic rings. The molecule has 0 radical (unpaired) electrons. The number of nitrogen functional groups attached to an aromatic ring is 1. The third-order valence-corrected chi connectivity index (χ3v) is 5.47. The van der Waals surface area contributed by atoms with E-state index in [0.717, 1.165) is 29.8 Å². The summed E-state index contributed by atoms with van der Waals surface area (Å²) in [6.45, 7) is 4.12. The third kappa shape index (κ3) is 2.89. The van der Waals surface area contributed by atoms with E-state index in [1.165, 1.54) is 0 Å². The SMILES string of the molecule is CC(c1cccc(N)c1)N(C)C(=O)C1(C)CCCS1. The number of carbonyl (C=O) groups is 1. The van der Waals surface area contributed by atoms with Crippen LogP contribution in [0.15, 0.2) is 24.3 Å². The molecule has 1 fully saturated rings. The smallest absolute Gasteiger partial charge is 0.238 e. The van der Waals surface area contributed by atoms with Gasteiger partial charge < -0.3 is 10.6 Å². The third-order valence-electron chi connectivity index (χ3n) is 3.97. The van der Waals surface area contributed by atoms with Crippen LogP contribution in [-0.4, -0.2) is 28.4 Å². The van der Waals surface area contributed by atoms with Gasteiger partial charge in [0, 0.05) is 12.7 Å². The molecule has 4 heteroatoms. The van der Waals surface area contributed by atoms with E-state index in [9.17, 15) is 4.79 Å². The van der Waals surface area contributed by atoms with E-state index in [-0.39, 0.29) is 16.7 Å². The zero-order chi connectivity index (χ0) is 14.0. The van der Waals surface area contributed by atoms with E-state index in [4.69, 9.17) is 5.73 Å². The van der Waals surface area contributed by atoms with Crippen LogP contribution in [0.2, 0.25) is 0 Å². The quantitative estimate of drug-likeness (QED) is 0.864. The highest BCUT2D eigenvalue weighted by Crippen LogP contribution is 2.40. The molecular formula is C15H22N2OS. The number of nitrogens with two attached hydrogens (primary N) is 1. The van der Waals surface area contributed by atoms with Gasteiger partial charge in [-0.05, 0) is 50.1 Å². The molecule has 1 aliphatic rings. The first-order valence-corrected chi connectivity index (χ1v) is 7.69. The Kier molecular flexibility index (Phi) is 4.09. The number of carbonyl (C=O) groups excluding carboxylic acids is 1. The maximum absolute atomic E-state index is 12.6. The summed E-state index contributed by atoms with van der Waals surface area (Å²) in [6, 6.07) is 7.82. The number of anilines is 1. The molecule has 3 nitrogen and oxygen atoms in total. The van der Waals surface area contributed by atoms with Crippen LogP contribution in [0.4, 0.5) is 5.69 Å². The molecule has 1 saturated heterocycles. The number of hydrogen-bond donors (Lipinski definition) is 1. The second-order valence-corrected chi connectivity index (χ2v) is 7.04. The second-order valence-electron chi connectivity index (χ2n) is 5.45. The minimum absolute atomic E-state index is 0.0500. The van der Waals surface area contributed by atoms with Crippen molar-refractivity contribution in [1.29, 1.82) is 0 Å². The molecule has 1 aliphatic heterocycles. The molecule has 1 amide bonds. The number of amides is 1. The highest BCUT2D eigenvalue weighted by Gasteiger charge is 2.40. The Morgan fingerprint density at radius 3 is 2.84 bits per heavy atom. The summed E-state index contributed by atoms with van der Waals surface area (Å²) >= 11 is 1.78. The molecule has 2 atom stereocenters. The lowest BCUT2D eigenvalue weighted by Gasteiger charge is -2.32. The van der Waals surface area contributed by atoms with Crippen LogP contribution in [-0.2, 0) is 4.79 Å². The van der Waals surface area contributed by atoms with Crippen LogP contribution >= 0.6 is 11.8 Å². The zero-order valence-corrected chi connectivity index (χ0v) is 12.7. The Balaban J connectivity index is 2.15. The summed E-state index contributed by atoms with van der Waals surface area (Å²) in [5.41, 5.74) is 7.64. The largest absolute Gasteiger partial charge is 0.399 e. The fraction of sp³-hybridized carbons (Fsp3) is 0.533. The van der Waals surface area contributed by atoms with Crippen LogP contribution in [0.1, 0.15) is 38.3 Å². The summed E-state index contributed by atoms with van der Waals surface area (Å²) in [6.07, 6.45) is 2.11. The van der Waals surface area contributed by atoms with Crippen molar-refractivity contribution in [1.82, 2.24) is 4.90 Å². The fourth-order valence-corrected chi connectivity index (χ4v) is 3.83. The van der Waals surface area contributed by atoms with Crippen molar-refractivity contribution in [3.05, 3.63) is 29.8 Å². The summed E-state index contributed by atoms with van der Waals surface area (Å²) in [7, 11) is 1.89. The lowest BCUT2D eigenvalue weighted by molar-refractivity contribution is -0.134. The van der Waals surface area contributed by atoms with Gasteiger partial charge in [0.25, 0.3) is 0 Å². The fourth-order valence-electron chi connectivity index (χ4n) is 2.54. The molecule has 0 aromatic heterocycles. The van der Waals surface area contributed by atoms with Gasteiger partial charge in [-0.15, -0.1) is 11.8 Å². The van der Waals surface area contributed by atoms with Crippen LogP contribution in [0.3, 0.4) is 0 Å². The van der Waals surface area contributed by atoms with Gasteiger partial charge >= 0.3 is 0 Å². The number of hydrogen-bond acceptors (Lipinski definition) is 3. The number of nitrogens with zero attached hydrogens (tertiary/aromatic N) is 1. The first-order chi connectivity index (χ1) is 8.94. The minimum atomic E-state index is -0.247. The maximum atomic E-state index is 12.6. The summed E-state index contributed by atoms with van der Waals surface area (Å²) < 4.78 is -0.247. The van der Waals surface area contributed by atoms with Crippen LogP contribution in [0, 0.1) is 0 Å². The average molecular weight is 278 g/mol. The molecule has 0 spiro atoms. The Morgan fingerprint density at radius 1 is 1.53 bits per heavy atom. The number of benzene rings is 1. The molecule has 0 aliphatic carbocycles. The molecular weight excluding hydrogens is 256 g/mol. The molecule has 19 heavy (non-hydrogen) atoms. The molecule has 1 aromatic carbocycles. The van der Waals surface area contributed by atoms with Crippen LogP contribution < -0.4 is 5.73 Å². The van der Waals surface area contributed by atoms with Crippen molar-refractivity contribution >= 4 is 23.4 Å². The Hall–Kier alpha value is -1.16. The zero-order valence-electron chi connectivity index (χ0n) is 11.8. The Labute approximate surface area is 119 Å². The summed E-state index contributed by atoms with van der Waals surface area (Å²) in [5.74, 6) is 1.31. The first-order valence-electron chi connectivity index (χ1n) is 6.71. The standard InChI is InChI=1S/C15H22N2OS/c1-11(12-6-4-7-13(16)10-12)17(3)14(18)15(2)8-5-9-19-15/h4,6-7,10-11H,5,8-9,16H2,1-3H3. The van der Waals surface area contributed by atoms with Gasteiger partial charge in [-0.1, -0.05) is 12.1 Å². The number of rotatable bonds is 3. The van der Waals surface area contributed by atoms with Crippen molar-refractivity contribution in [3.8, 4) is 0 Å². The highest BCUT2D eigenvalue weighted by molar-refractivity contribution is 8.01. The van der Waals surface area contributed by atoms with Gasteiger partial charge in [0.15, 0.2) is 0 Å². The monoisotopic (exact) mass is 278 g/mol. The second kappa shape index (κ2) is 5.45. The Bertz CT molecular complexity index is 469. The van der Waals surface area contributed by atoms with Crippen molar-refractivity contribution in [2.75, 3.05) is 18.5 Å². The molecule has 0 saturated carbocycles. The summed E-state index contributed by atoms with van der Waals surface area (Å²) in [5, 5.41) is 0. The van der Waals surface area contributed by atoms with Gasteiger partial charge in [0.05, 0.1) is 10.8 Å². The van der Waals surface area contributed by atoms with Gasteiger partial charge in [-0.25, -0.2) is 0 Å². The van der Waals surface area contributed by atoms with E-state index in [0.29, 0.717) is 0 Å². The van der Waals surface area contributed by atoms with E-state index in [1.54, 1.807) is 11.8 Å². The van der Waals surface area contributed by atoms with E-state index >= 15 is 0 Å². The molecule has 2 rings (SSSR count). The molecule has 2 unspecified atom stereocenters. The highest BCUT2D eigenvalue weighted by atomic mass is 32.2. The van der Waals surface area contributed by atoms with Crippen LogP contribution in [0.5, 0.6) is 0 Å². The van der Waals surface area contributed by atoms with E-state index < -0.39 is 0 Å². The Morgan fingerprint density at radius 2 is 2.26 bits per heavy atom. The molecule has 0 bridgehead atoms. The van der Waals surface area contributed by atoms with Gasteiger partial charge in [-0.2, -0.15) is 0 Å². The van der Waals surface area contributed by atoms with Crippen molar-refractivity contribution in [2.24, 2.45) is 0 Å². The predicted octanol–water partition coefficient (Wildman–Crippen LogP) is 3.07. The van der Waals surface area contributed by atoms with Gasteiger partial charge in [0.2, 0.25) is 5.91 Å². The van der Waals surface area contributed by atoms with E-state index in [2.05, 4.69) is 13.8 Å². The molecule has 2 N–H and O–H groups in total. The maximum Gasteiger partial charge on any atom is 0.238 e. The lowest BCUT2D eigenvalue weighted by atomic mass is 10.0. The first kappa shape index (κ1) is 14.3. The van der Waals surface area contributed by atoms with Gasteiger partial charge in [0.1, 0.15) is 0 Å². The summed E-state index contributed by atoms with van der Waals surface area (Å²) in [4.78, 5) is 14.5. The topological polar surface area (TPSA) is 46.3 Å². The minimum Gasteiger partial charge on any atom is -0.399 e. The molecule has 1 heterocycles. The van der Waals surface area contributed by atoms with Crippen molar-refractivity contribution in [3.63, 3.8) is 0 Å². The van der Waals surface area contributed by atoms with Crippen molar-refractivity contribution in [2.45, 2.75) is 37.5 Å². The van der Waals surface area contributed by atoms with Gasteiger partial charge in [-0.3, -0.25) is 4.79 Å². The number of thioether (sulfide) groups is 1. The average Bonchev–Trinajstić information content (AvgIpc) is 2.84. The lowest BCUT2D eigenvalue weighted by Crippen LogP contribution is -2.42.